The molecular formula is C15H20N4O4S2. The molecule has 0 radical (unpaired) electrons. The van der Waals surface area contributed by atoms with Crippen LogP contribution in [0.15, 0.2) is 20.9 Å². The normalized spacial score (nSPS) is 15.8. The molecule has 1 aliphatic heterocycles. The van der Waals surface area contributed by atoms with Gasteiger partial charge in [-0.1, -0.05) is 19.0 Å². The van der Waals surface area contributed by atoms with Crippen LogP contribution in [-0.4, -0.2) is 41.9 Å². The van der Waals surface area contributed by atoms with Crippen LogP contribution in [0.5, 0.6) is 0 Å². The minimum atomic E-state index is -3.63. The van der Waals surface area contributed by atoms with Crippen molar-refractivity contribution in [2.24, 2.45) is 0 Å². The largest absolute Gasteiger partial charge is 0.344 e. The van der Waals surface area contributed by atoms with Crippen LogP contribution in [0.4, 0.5) is 0 Å². The molecule has 3 rings (SSSR count). The molecule has 10 heteroatoms. The smallest absolute Gasteiger partial charge is 0.263 e. The van der Waals surface area contributed by atoms with E-state index in [1.54, 1.807) is 5.38 Å². The minimum absolute atomic E-state index is 0.0629. The van der Waals surface area contributed by atoms with Gasteiger partial charge >= 0.3 is 0 Å². The summed E-state index contributed by atoms with van der Waals surface area (Å²) in [5.74, 6) is 0.505. The number of aromatic nitrogens is 2. The van der Waals surface area contributed by atoms with Crippen molar-refractivity contribution in [3.63, 3.8) is 0 Å². The Bertz CT molecular complexity index is 851. The summed E-state index contributed by atoms with van der Waals surface area (Å²) >= 11 is 1.11. The van der Waals surface area contributed by atoms with Crippen LogP contribution in [0.2, 0.25) is 0 Å². The number of amides is 1. The van der Waals surface area contributed by atoms with Crippen LogP contribution < -0.4 is 5.32 Å². The molecule has 0 aromatic carbocycles. The number of rotatable bonds is 6. The monoisotopic (exact) mass is 384 g/mol. The number of carbonyl (C=O) groups is 1. The summed E-state index contributed by atoms with van der Waals surface area (Å²) in [6, 6.07) is 1.48. The predicted molar refractivity (Wildman–Crippen MR) is 91.9 cm³/mol. The number of thiophene rings is 1. The van der Waals surface area contributed by atoms with E-state index in [1.165, 1.54) is 10.4 Å². The second-order valence-corrected chi connectivity index (χ2v) is 8.93. The van der Waals surface area contributed by atoms with Gasteiger partial charge in [-0.15, -0.1) is 11.3 Å². The van der Waals surface area contributed by atoms with Crippen molar-refractivity contribution in [2.75, 3.05) is 13.1 Å². The van der Waals surface area contributed by atoms with Gasteiger partial charge in [0.15, 0.2) is 5.82 Å². The third-order valence-corrected chi connectivity index (χ3v) is 6.89. The predicted octanol–water partition coefficient (Wildman–Crippen LogP) is 1.97. The number of hydrogen-bond donors (Lipinski definition) is 1. The Balaban J connectivity index is 1.72. The second kappa shape index (κ2) is 7.22. The van der Waals surface area contributed by atoms with Crippen LogP contribution in [0, 0.1) is 0 Å². The van der Waals surface area contributed by atoms with E-state index < -0.39 is 15.9 Å². The van der Waals surface area contributed by atoms with Crippen molar-refractivity contribution in [2.45, 2.75) is 44.0 Å². The van der Waals surface area contributed by atoms with Crippen LogP contribution in [0.25, 0.3) is 0 Å². The molecule has 25 heavy (non-hydrogen) atoms. The fourth-order valence-corrected chi connectivity index (χ4v) is 5.38. The maximum Gasteiger partial charge on any atom is 0.263 e. The van der Waals surface area contributed by atoms with E-state index in [-0.39, 0.29) is 22.2 Å². The molecular weight excluding hydrogens is 364 g/mol. The molecule has 0 aliphatic carbocycles. The lowest BCUT2D eigenvalue weighted by Gasteiger charge is -2.15. The molecule has 0 spiro atoms. The van der Waals surface area contributed by atoms with Crippen LogP contribution in [-0.2, 0) is 16.6 Å². The standard InChI is InChI=1S/C15H20N4O4S2/c1-10(2)15-17-12(18-23-15)9-16-14(20)13-11(5-8-24-13)25(21,22)19-6-3-4-7-19/h5,8,10H,3-4,6-7,9H2,1-2H3,(H,16,20). The van der Waals surface area contributed by atoms with Crippen molar-refractivity contribution < 1.29 is 17.7 Å². The summed E-state index contributed by atoms with van der Waals surface area (Å²) in [6.45, 7) is 4.93. The van der Waals surface area contributed by atoms with Gasteiger partial charge in [0.2, 0.25) is 15.9 Å². The molecule has 0 bridgehead atoms. The van der Waals surface area contributed by atoms with Crippen molar-refractivity contribution in [3.8, 4) is 0 Å². The molecule has 1 amide bonds. The van der Waals surface area contributed by atoms with E-state index in [1.807, 2.05) is 13.8 Å². The maximum absolute atomic E-state index is 12.7. The van der Waals surface area contributed by atoms with Gasteiger partial charge in [-0.25, -0.2) is 8.42 Å². The van der Waals surface area contributed by atoms with E-state index in [4.69, 9.17) is 4.52 Å². The number of nitrogens with one attached hydrogen (secondary N) is 1. The quantitative estimate of drug-likeness (QED) is 0.816. The van der Waals surface area contributed by atoms with E-state index in [0.717, 1.165) is 24.2 Å². The van der Waals surface area contributed by atoms with Gasteiger partial charge in [0.05, 0.1) is 6.54 Å². The first-order valence-corrected chi connectivity index (χ1v) is 10.4. The van der Waals surface area contributed by atoms with Gasteiger partial charge < -0.3 is 9.84 Å². The maximum atomic E-state index is 12.7. The third kappa shape index (κ3) is 3.75. The van der Waals surface area contributed by atoms with E-state index in [2.05, 4.69) is 15.5 Å². The number of hydrogen-bond acceptors (Lipinski definition) is 7. The zero-order valence-electron chi connectivity index (χ0n) is 14.1. The lowest BCUT2D eigenvalue weighted by atomic mass is 10.2. The first kappa shape index (κ1) is 18.0. The van der Waals surface area contributed by atoms with Crippen molar-refractivity contribution in [3.05, 3.63) is 28.0 Å². The summed E-state index contributed by atoms with van der Waals surface area (Å²) in [5, 5.41) is 8.08. The molecule has 2 aromatic rings. The molecule has 2 aromatic heterocycles. The average Bonchev–Trinajstić information content (AvgIpc) is 3.33. The second-order valence-electron chi connectivity index (χ2n) is 6.11. The Kier molecular flexibility index (Phi) is 5.21. The summed E-state index contributed by atoms with van der Waals surface area (Å²) in [5.41, 5.74) is 0. The minimum Gasteiger partial charge on any atom is -0.344 e. The highest BCUT2D eigenvalue weighted by molar-refractivity contribution is 7.89. The number of carbonyl (C=O) groups excluding carboxylic acids is 1. The van der Waals surface area contributed by atoms with Crippen molar-refractivity contribution >= 4 is 27.3 Å². The molecule has 1 N–H and O–H groups in total. The molecule has 1 aliphatic rings. The van der Waals surface area contributed by atoms with E-state index in [0.29, 0.717) is 24.8 Å². The lowest BCUT2D eigenvalue weighted by molar-refractivity contribution is 0.0950. The van der Waals surface area contributed by atoms with Gasteiger partial charge in [0.1, 0.15) is 9.77 Å². The fourth-order valence-electron chi connectivity index (χ4n) is 2.55. The Morgan fingerprint density at radius 2 is 2.12 bits per heavy atom. The average molecular weight is 384 g/mol. The Morgan fingerprint density at radius 3 is 2.76 bits per heavy atom. The first-order chi connectivity index (χ1) is 11.9. The molecule has 1 saturated heterocycles. The highest BCUT2D eigenvalue weighted by Gasteiger charge is 2.31. The van der Waals surface area contributed by atoms with Gasteiger partial charge in [0, 0.05) is 19.0 Å². The Labute approximate surface area is 150 Å². The van der Waals surface area contributed by atoms with Gasteiger partial charge in [-0.3, -0.25) is 4.79 Å². The third-order valence-electron chi connectivity index (χ3n) is 3.90. The van der Waals surface area contributed by atoms with Crippen molar-refractivity contribution in [1.29, 1.82) is 0 Å². The molecule has 1 fully saturated rings. The van der Waals surface area contributed by atoms with Gasteiger partial charge in [-0.2, -0.15) is 9.29 Å². The van der Waals surface area contributed by atoms with Crippen LogP contribution in [0.1, 0.15) is 54.0 Å². The van der Waals surface area contributed by atoms with Gasteiger partial charge in [-0.05, 0) is 24.3 Å². The molecule has 0 unspecified atom stereocenters. The zero-order valence-corrected chi connectivity index (χ0v) is 15.7. The molecule has 3 heterocycles. The van der Waals surface area contributed by atoms with E-state index >= 15 is 0 Å². The molecule has 136 valence electrons. The van der Waals surface area contributed by atoms with Crippen LogP contribution >= 0.6 is 11.3 Å². The lowest BCUT2D eigenvalue weighted by Crippen LogP contribution is -2.30. The SMILES string of the molecule is CC(C)c1nc(CNC(=O)c2sccc2S(=O)(=O)N2CCCC2)no1. The summed E-state index contributed by atoms with van der Waals surface area (Å²) in [7, 11) is -3.63. The molecule has 0 atom stereocenters. The molecule has 0 saturated carbocycles. The van der Waals surface area contributed by atoms with Crippen molar-refractivity contribution in [1.82, 2.24) is 19.8 Å². The fraction of sp³-hybridized carbons (Fsp3) is 0.533. The Morgan fingerprint density at radius 1 is 1.40 bits per heavy atom. The summed E-state index contributed by atoms with van der Waals surface area (Å²) in [4.78, 5) is 16.9. The summed E-state index contributed by atoms with van der Waals surface area (Å²) in [6.07, 6.45) is 1.70. The molecule has 8 nitrogen and oxygen atoms in total. The Hall–Kier alpha value is -1.78. The van der Waals surface area contributed by atoms with E-state index in [9.17, 15) is 13.2 Å². The summed E-state index contributed by atoms with van der Waals surface area (Å²) < 4.78 is 31.9. The topological polar surface area (TPSA) is 105 Å². The first-order valence-electron chi connectivity index (χ1n) is 8.08. The number of nitrogens with zero attached hydrogens (tertiary/aromatic N) is 3. The van der Waals surface area contributed by atoms with Crippen LogP contribution in [0.3, 0.4) is 0 Å². The van der Waals surface area contributed by atoms with Gasteiger partial charge in [0.25, 0.3) is 5.91 Å². The zero-order chi connectivity index (χ0) is 18.0. The number of sulfonamides is 1. The highest BCUT2D eigenvalue weighted by atomic mass is 32.2. The highest BCUT2D eigenvalue weighted by Crippen LogP contribution is 2.27.